The summed E-state index contributed by atoms with van der Waals surface area (Å²) < 4.78 is 0.877. The third-order valence-electron chi connectivity index (χ3n) is 2.11. The van der Waals surface area contributed by atoms with Crippen LogP contribution in [-0.4, -0.2) is 10.9 Å². The molecular formula is C12H15BrN2OS. The zero-order valence-electron chi connectivity index (χ0n) is 9.79. The van der Waals surface area contributed by atoms with E-state index in [9.17, 15) is 4.79 Å². The normalized spacial score (nSPS) is 10.4. The van der Waals surface area contributed by atoms with Crippen molar-refractivity contribution in [2.75, 3.05) is 5.32 Å². The molecule has 1 aromatic carbocycles. The molecule has 17 heavy (non-hydrogen) atoms. The molecule has 0 atom stereocenters. The van der Waals surface area contributed by atoms with Crippen LogP contribution in [0, 0.1) is 5.92 Å². The minimum Gasteiger partial charge on any atom is -0.389 e. The summed E-state index contributed by atoms with van der Waals surface area (Å²) in [5, 5.41) is 2.82. The van der Waals surface area contributed by atoms with E-state index in [1.807, 2.05) is 19.9 Å². The molecule has 0 spiro atoms. The van der Waals surface area contributed by atoms with Crippen LogP contribution in [0.25, 0.3) is 0 Å². The maximum atomic E-state index is 11.7. The average molecular weight is 315 g/mol. The fourth-order valence-electron chi connectivity index (χ4n) is 1.40. The maximum Gasteiger partial charge on any atom is 0.224 e. The van der Waals surface area contributed by atoms with Crippen LogP contribution in [0.15, 0.2) is 22.7 Å². The molecule has 0 radical (unpaired) electrons. The molecule has 0 bridgehead atoms. The third-order valence-corrected chi connectivity index (χ3v) is 2.83. The summed E-state index contributed by atoms with van der Waals surface area (Å²) in [6, 6.07) is 5.43. The number of anilines is 1. The number of carbonyl (C=O) groups is 1. The van der Waals surface area contributed by atoms with Crippen LogP contribution in [0.2, 0.25) is 0 Å². The van der Waals surface area contributed by atoms with E-state index in [0.717, 1.165) is 4.47 Å². The van der Waals surface area contributed by atoms with Crippen molar-refractivity contribution in [2.45, 2.75) is 20.3 Å². The van der Waals surface area contributed by atoms with E-state index in [1.165, 1.54) is 0 Å². The number of benzene rings is 1. The second-order valence-corrected chi connectivity index (χ2v) is 5.56. The van der Waals surface area contributed by atoms with Gasteiger partial charge in [0.1, 0.15) is 4.99 Å². The Hall–Kier alpha value is -0.940. The Morgan fingerprint density at radius 3 is 2.71 bits per heavy atom. The number of carbonyl (C=O) groups excluding carboxylic acids is 1. The summed E-state index contributed by atoms with van der Waals surface area (Å²) >= 11 is 8.30. The van der Waals surface area contributed by atoms with Crippen LogP contribution in [0.1, 0.15) is 25.8 Å². The molecule has 0 aromatic heterocycles. The second-order valence-electron chi connectivity index (χ2n) is 4.20. The molecule has 0 saturated carbocycles. The van der Waals surface area contributed by atoms with Gasteiger partial charge in [-0.05, 0) is 24.1 Å². The van der Waals surface area contributed by atoms with Gasteiger partial charge in [-0.3, -0.25) is 4.79 Å². The number of halogens is 1. The number of thiocarbonyl (C=S) groups is 1. The summed E-state index contributed by atoms with van der Waals surface area (Å²) in [5.41, 5.74) is 6.95. The number of hydrogen-bond acceptors (Lipinski definition) is 2. The molecule has 0 fully saturated rings. The Bertz CT molecular complexity index is 446. The van der Waals surface area contributed by atoms with E-state index >= 15 is 0 Å². The van der Waals surface area contributed by atoms with Crippen molar-refractivity contribution in [3.63, 3.8) is 0 Å². The SMILES string of the molecule is CC(C)CC(=O)Nc1ccc(Br)cc1C(N)=S. The largest absolute Gasteiger partial charge is 0.389 e. The predicted molar refractivity (Wildman–Crippen MR) is 78.1 cm³/mol. The number of nitrogens with two attached hydrogens (primary N) is 1. The van der Waals surface area contributed by atoms with Crippen LogP contribution >= 0.6 is 28.1 Å². The highest BCUT2D eigenvalue weighted by atomic mass is 79.9. The molecule has 3 N–H and O–H groups in total. The van der Waals surface area contributed by atoms with E-state index in [-0.39, 0.29) is 10.9 Å². The molecule has 0 unspecified atom stereocenters. The fourth-order valence-corrected chi connectivity index (χ4v) is 1.93. The van der Waals surface area contributed by atoms with Gasteiger partial charge in [-0.25, -0.2) is 0 Å². The quantitative estimate of drug-likeness (QED) is 0.840. The summed E-state index contributed by atoms with van der Waals surface area (Å²) in [6.45, 7) is 3.99. The molecule has 0 aliphatic rings. The minimum atomic E-state index is -0.0279. The maximum absolute atomic E-state index is 11.7. The highest BCUT2D eigenvalue weighted by molar-refractivity contribution is 9.10. The molecule has 0 aliphatic heterocycles. The van der Waals surface area contributed by atoms with Crippen LogP contribution in [0.4, 0.5) is 5.69 Å². The number of rotatable bonds is 4. The van der Waals surface area contributed by atoms with Gasteiger partial charge < -0.3 is 11.1 Å². The van der Waals surface area contributed by atoms with Crippen LogP contribution in [-0.2, 0) is 4.79 Å². The van der Waals surface area contributed by atoms with E-state index < -0.39 is 0 Å². The molecule has 1 aromatic rings. The lowest BCUT2D eigenvalue weighted by atomic mass is 10.1. The number of hydrogen-bond donors (Lipinski definition) is 2. The summed E-state index contributed by atoms with van der Waals surface area (Å²) in [5.74, 6) is 0.290. The first kappa shape index (κ1) is 14.1. The Kier molecular flexibility index (Phi) is 5.08. The van der Waals surface area contributed by atoms with Crippen molar-refractivity contribution in [3.05, 3.63) is 28.2 Å². The van der Waals surface area contributed by atoms with Crippen molar-refractivity contribution in [2.24, 2.45) is 11.7 Å². The van der Waals surface area contributed by atoms with Gasteiger partial charge in [0.2, 0.25) is 5.91 Å². The fraction of sp³-hybridized carbons (Fsp3) is 0.333. The standard InChI is InChI=1S/C12H15BrN2OS/c1-7(2)5-11(16)15-10-4-3-8(13)6-9(10)12(14)17/h3-4,6-7H,5H2,1-2H3,(H2,14,17)(H,15,16). The molecule has 0 heterocycles. The number of nitrogens with one attached hydrogen (secondary N) is 1. The zero-order chi connectivity index (χ0) is 13.0. The number of amides is 1. The minimum absolute atomic E-state index is 0.0279. The lowest BCUT2D eigenvalue weighted by Gasteiger charge is -2.11. The Morgan fingerprint density at radius 1 is 1.53 bits per heavy atom. The topological polar surface area (TPSA) is 55.1 Å². The van der Waals surface area contributed by atoms with Crippen molar-refractivity contribution in [1.82, 2.24) is 0 Å². The lowest BCUT2D eigenvalue weighted by Crippen LogP contribution is -2.18. The van der Waals surface area contributed by atoms with Gasteiger partial charge in [0.15, 0.2) is 0 Å². The van der Waals surface area contributed by atoms with Crippen molar-refractivity contribution in [3.8, 4) is 0 Å². The predicted octanol–water partition coefficient (Wildman–Crippen LogP) is 3.07. The van der Waals surface area contributed by atoms with E-state index in [1.54, 1.807) is 12.1 Å². The summed E-state index contributed by atoms with van der Waals surface area (Å²) in [6.07, 6.45) is 0.479. The molecule has 3 nitrogen and oxygen atoms in total. The zero-order valence-corrected chi connectivity index (χ0v) is 12.2. The second kappa shape index (κ2) is 6.12. The van der Waals surface area contributed by atoms with Crippen molar-refractivity contribution < 1.29 is 4.79 Å². The Morgan fingerprint density at radius 2 is 2.18 bits per heavy atom. The van der Waals surface area contributed by atoms with Crippen LogP contribution < -0.4 is 11.1 Å². The molecule has 92 valence electrons. The summed E-state index contributed by atoms with van der Waals surface area (Å²) in [4.78, 5) is 11.9. The smallest absolute Gasteiger partial charge is 0.224 e. The Balaban J connectivity index is 2.91. The first-order valence-electron chi connectivity index (χ1n) is 5.29. The molecule has 5 heteroatoms. The van der Waals surface area contributed by atoms with Gasteiger partial charge in [0, 0.05) is 16.5 Å². The van der Waals surface area contributed by atoms with Gasteiger partial charge in [-0.2, -0.15) is 0 Å². The molecule has 0 aliphatic carbocycles. The van der Waals surface area contributed by atoms with E-state index in [2.05, 4.69) is 21.2 Å². The van der Waals surface area contributed by atoms with Crippen molar-refractivity contribution in [1.29, 1.82) is 0 Å². The monoisotopic (exact) mass is 314 g/mol. The van der Waals surface area contributed by atoms with Gasteiger partial charge in [0.05, 0.1) is 5.69 Å². The summed E-state index contributed by atoms with van der Waals surface area (Å²) in [7, 11) is 0. The van der Waals surface area contributed by atoms with E-state index in [0.29, 0.717) is 23.6 Å². The van der Waals surface area contributed by atoms with Crippen LogP contribution in [0.3, 0.4) is 0 Å². The van der Waals surface area contributed by atoms with Gasteiger partial charge in [-0.1, -0.05) is 42.0 Å². The highest BCUT2D eigenvalue weighted by Crippen LogP contribution is 2.21. The Labute approximate surface area is 115 Å². The van der Waals surface area contributed by atoms with Crippen molar-refractivity contribution >= 4 is 44.7 Å². The van der Waals surface area contributed by atoms with Crippen LogP contribution in [0.5, 0.6) is 0 Å². The van der Waals surface area contributed by atoms with E-state index in [4.69, 9.17) is 18.0 Å². The average Bonchev–Trinajstić information content (AvgIpc) is 2.19. The van der Waals surface area contributed by atoms with Gasteiger partial charge in [-0.15, -0.1) is 0 Å². The van der Waals surface area contributed by atoms with Gasteiger partial charge >= 0.3 is 0 Å². The third kappa shape index (κ3) is 4.44. The highest BCUT2D eigenvalue weighted by Gasteiger charge is 2.10. The lowest BCUT2D eigenvalue weighted by molar-refractivity contribution is -0.116. The molecule has 1 rings (SSSR count). The first-order chi connectivity index (χ1) is 7.90. The van der Waals surface area contributed by atoms with Gasteiger partial charge in [0.25, 0.3) is 0 Å². The molecule has 0 saturated heterocycles. The molecule has 1 amide bonds. The molecular weight excluding hydrogens is 300 g/mol. The first-order valence-corrected chi connectivity index (χ1v) is 6.49.